The molecule has 8 nitrogen and oxygen atoms in total. The van der Waals surface area contributed by atoms with Gasteiger partial charge in [-0.05, 0) is 30.3 Å². The number of nitrogens with one attached hydrogen (secondary N) is 2. The second kappa shape index (κ2) is 5.69. The molecule has 0 aliphatic carbocycles. The van der Waals surface area contributed by atoms with Crippen molar-refractivity contribution in [2.24, 2.45) is 0 Å². The van der Waals surface area contributed by atoms with Crippen LogP contribution in [-0.2, 0) is 14.8 Å². The van der Waals surface area contributed by atoms with E-state index in [0.29, 0.717) is 16.7 Å². The lowest BCUT2D eigenvalue weighted by atomic mass is 10.2. The molecule has 3 aromatic rings. The van der Waals surface area contributed by atoms with Gasteiger partial charge in [-0.2, -0.15) is 15.4 Å². The van der Waals surface area contributed by atoms with Crippen molar-refractivity contribution in [2.75, 3.05) is 11.8 Å². The van der Waals surface area contributed by atoms with Gasteiger partial charge in [-0.15, -0.1) is 0 Å². The number of hydrogen-bond acceptors (Lipinski definition) is 6. The molecular formula is C14H12N4O4S. The van der Waals surface area contributed by atoms with E-state index in [4.69, 9.17) is 0 Å². The summed E-state index contributed by atoms with van der Waals surface area (Å²) >= 11 is 0. The van der Waals surface area contributed by atoms with Crippen molar-refractivity contribution in [1.29, 1.82) is 0 Å². The molecule has 0 aliphatic heterocycles. The summed E-state index contributed by atoms with van der Waals surface area (Å²) in [6.07, 6.45) is 0. The second-order valence-electron chi connectivity index (χ2n) is 4.62. The monoisotopic (exact) mass is 332 g/mol. The van der Waals surface area contributed by atoms with Gasteiger partial charge in [0, 0.05) is 0 Å². The molecule has 0 saturated heterocycles. The van der Waals surface area contributed by atoms with Crippen molar-refractivity contribution in [1.82, 2.24) is 15.4 Å². The highest BCUT2D eigenvalue weighted by molar-refractivity contribution is 7.92. The highest BCUT2D eigenvalue weighted by Crippen LogP contribution is 2.22. The summed E-state index contributed by atoms with van der Waals surface area (Å²) in [4.78, 5) is 11.6. The first kappa shape index (κ1) is 15.0. The Morgan fingerprint density at radius 3 is 2.65 bits per heavy atom. The molecule has 2 aromatic carbocycles. The van der Waals surface area contributed by atoms with Crippen LogP contribution in [0.3, 0.4) is 0 Å². The van der Waals surface area contributed by atoms with Crippen molar-refractivity contribution in [2.45, 2.75) is 4.90 Å². The fraction of sp³-hybridized carbons (Fsp3) is 0.0714. The lowest BCUT2D eigenvalue weighted by molar-refractivity contribution is 0.0596. The minimum Gasteiger partial charge on any atom is -0.465 e. The predicted molar refractivity (Wildman–Crippen MR) is 82.5 cm³/mol. The van der Waals surface area contributed by atoms with E-state index in [1.807, 2.05) is 0 Å². The number of carbonyl (C=O) groups excluding carboxylic acids is 1. The summed E-state index contributed by atoms with van der Waals surface area (Å²) in [7, 11) is -2.77. The maximum atomic E-state index is 12.6. The summed E-state index contributed by atoms with van der Waals surface area (Å²) in [6, 6.07) is 10.5. The zero-order chi connectivity index (χ0) is 16.4. The topological polar surface area (TPSA) is 114 Å². The van der Waals surface area contributed by atoms with Crippen molar-refractivity contribution in [3.8, 4) is 0 Å². The fourth-order valence-electron chi connectivity index (χ4n) is 2.09. The first-order valence-corrected chi connectivity index (χ1v) is 8.00. The average Bonchev–Trinajstić information content (AvgIpc) is 3.01. The SMILES string of the molecule is COC(=O)c1ccccc1S(=O)(=O)Nc1ccc2n[nH]nc2c1. The number of methoxy groups -OCH3 is 1. The van der Waals surface area contributed by atoms with Gasteiger partial charge < -0.3 is 4.74 Å². The number of rotatable bonds is 4. The van der Waals surface area contributed by atoms with Gasteiger partial charge in [0.15, 0.2) is 0 Å². The molecule has 0 radical (unpaired) electrons. The van der Waals surface area contributed by atoms with E-state index >= 15 is 0 Å². The molecule has 1 heterocycles. The molecule has 0 spiro atoms. The highest BCUT2D eigenvalue weighted by atomic mass is 32.2. The standard InChI is InChI=1S/C14H12N4O4S/c1-22-14(19)10-4-2-3-5-13(10)23(20,21)17-9-6-7-11-12(8-9)16-18-15-11/h2-8,17H,1H3,(H,15,16,18). The average molecular weight is 332 g/mol. The van der Waals surface area contributed by atoms with Gasteiger partial charge in [-0.1, -0.05) is 12.1 Å². The Morgan fingerprint density at radius 1 is 1.13 bits per heavy atom. The molecule has 23 heavy (non-hydrogen) atoms. The highest BCUT2D eigenvalue weighted by Gasteiger charge is 2.22. The molecule has 0 aliphatic rings. The Morgan fingerprint density at radius 2 is 1.87 bits per heavy atom. The van der Waals surface area contributed by atoms with Crippen molar-refractivity contribution >= 4 is 32.7 Å². The molecule has 0 saturated carbocycles. The minimum atomic E-state index is -3.96. The van der Waals surface area contributed by atoms with E-state index in [9.17, 15) is 13.2 Å². The van der Waals surface area contributed by atoms with Crippen molar-refractivity contribution < 1.29 is 17.9 Å². The summed E-state index contributed by atoms with van der Waals surface area (Å²) in [5, 5.41) is 10.2. The first-order valence-electron chi connectivity index (χ1n) is 6.52. The van der Waals surface area contributed by atoms with Crippen LogP contribution in [0.1, 0.15) is 10.4 Å². The third kappa shape index (κ3) is 2.86. The van der Waals surface area contributed by atoms with Crippen molar-refractivity contribution in [3.63, 3.8) is 0 Å². The normalized spacial score (nSPS) is 11.3. The number of H-pyrrole nitrogens is 1. The Bertz CT molecular complexity index is 981. The molecule has 1 aromatic heterocycles. The van der Waals surface area contributed by atoms with Gasteiger partial charge in [-0.25, -0.2) is 13.2 Å². The van der Waals surface area contributed by atoms with Crippen LogP contribution in [0.4, 0.5) is 5.69 Å². The molecule has 2 N–H and O–H groups in total. The van der Waals surface area contributed by atoms with E-state index in [0.717, 1.165) is 0 Å². The lowest BCUT2D eigenvalue weighted by Crippen LogP contribution is -2.17. The third-order valence-corrected chi connectivity index (χ3v) is 4.59. The zero-order valence-corrected chi connectivity index (χ0v) is 12.8. The number of hydrogen-bond donors (Lipinski definition) is 2. The molecule has 0 unspecified atom stereocenters. The van der Waals surface area contributed by atoms with E-state index < -0.39 is 16.0 Å². The molecular weight excluding hydrogens is 320 g/mol. The number of aromatic nitrogens is 3. The predicted octanol–water partition coefficient (Wildman–Crippen LogP) is 1.55. The summed E-state index contributed by atoms with van der Waals surface area (Å²) in [5.41, 5.74) is 1.41. The van der Waals surface area contributed by atoms with Gasteiger partial charge in [0.25, 0.3) is 10.0 Å². The number of sulfonamides is 1. The van der Waals surface area contributed by atoms with Crippen LogP contribution in [0, 0.1) is 0 Å². The van der Waals surface area contributed by atoms with Gasteiger partial charge in [0.1, 0.15) is 15.9 Å². The second-order valence-corrected chi connectivity index (χ2v) is 6.27. The Hall–Kier alpha value is -2.94. The Kier molecular flexibility index (Phi) is 3.70. The van der Waals surface area contributed by atoms with Crippen LogP contribution in [0.2, 0.25) is 0 Å². The van der Waals surface area contributed by atoms with Gasteiger partial charge in [0.2, 0.25) is 0 Å². The molecule has 3 rings (SSSR count). The zero-order valence-electron chi connectivity index (χ0n) is 12.0. The number of anilines is 1. The van der Waals surface area contributed by atoms with Gasteiger partial charge in [0.05, 0.1) is 18.4 Å². The minimum absolute atomic E-state index is 0.0370. The molecule has 0 amide bonds. The number of aromatic amines is 1. The number of benzene rings is 2. The van der Waals surface area contributed by atoms with E-state index in [1.54, 1.807) is 18.2 Å². The fourth-order valence-corrected chi connectivity index (χ4v) is 3.34. The summed E-state index contributed by atoms with van der Waals surface area (Å²) in [5.74, 6) is -0.724. The van der Waals surface area contributed by atoms with Crippen molar-refractivity contribution in [3.05, 3.63) is 48.0 Å². The first-order chi connectivity index (χ1) is 11.0. The van der Waals surface area contributed by atoms with Crippen LogP contribution < -0.4 is 4.72 Å². The number of ether oxygens (including phenoxy) is 1. The number of nitrogens with zero attached hydrogens (tertiary/aromatic N) is 2. The number of carbonyl (C=O) groups is 1. The maximum absolute atomic E-state index is 12.6. The maximum Gasteiger partial charge on any atom is 0.339 e. The van der Waals surface area contributed by atoms with Gasteiger partial charge >= 0.3 is 5.97 Å². The van der Waals surface area contributed by atoms with Crippen LogP contribution in [-0.4, -0.2) is 36.9 Å². The summed E-state index contributed by atoms with van der Waals surface area (Å²) < 4.78 is 32.1. The molecule has 0 atom stereocenters. The van der Waals surface area contributed by atoms with Gasteiger partial charge in [-0.3, -0.25) is 4.72 Å². The molecule has 0 bridgehead atoms. The lowest BCUT2D eigenvalue weighted by Gasteiger charge is -2.11. The largest absolute Gasteiger partial charge is 0.465 e. The number of fused-ring (bicyclic) bond motifs is 1. The Labute approximate surface area is 131 Å². The molecule has 0 fully saturated rings. The Balaban J connectivity index is 2.00. The van der Waals surface area contributed by atoms with Crippen LogP contribution >= 0.6 is 0 Å². The van der Waals surface area contributed by atoms with E-state index in [2.05, 4.69) is 24.9 Å². The van der Waals surface area contributed by atoms with E-state index in [1.165, 1.54) is 31.4 Å². The molecule has 9 heteroatoms. The van der Waals surface area contributed by atoms with E-state index in [-0.39, 0.29) is 10.5 Å². The van der Waals surface area contributed by atoms with Crippen LogP contribution in [0.25, 0.3) is 11.0 Å². The summed E-state index contributed by atoms with van der Waals surface area (Å²) in [6.45, 7) is 0. The number of esters is 1. The van der Waals surface area contributed by atoms with Crippen LogP contribution in [0.5, 0.6) is 0 Å². The smallest absolute Gasteiger partial charge is 0.339 e. The molecule has 118 valence electrons. The van der Waals surface area contributed by atoms with Crippen LogP contribution in [0.15, 0.2) is 47.4 Å². The third-order valence-electron chi connectivity index (χ3n) is 3.15. The quantitative estimate of drug-likeness (QED) is 0.701.